The first kappa shape index (κ1) is 12.4. The smallest absolute Gasteiger partial charge is 0.223 e. The molecule has 1 fully saturated rings. The van der Waals surface area contributed by atoms with Gasteiger partial charge in [0.1, 0.15) is 0 Å². The molecule has 3 heteroatoms. The Morgan fingerprint density at radius 2 is 2.29 bits per heavy atom. The number of hydrogen-bond acceptors (Lipinski definition) is 1. The Hall–Kier alpha value is -1.02. The lowest BCUT2D eigenvalue weighted by Gasteiger charge is -2.31. The number of carbonyl (C=O) groups is 1. The second-order valence-electron chi connectivity index (χ2n) is 4.63. The van der Waals surface area contributed by atoms with Gasteiger partial charge in [0.05, 0.1) is 0 Å². The Morgan fingerprint density at radius 3 is 2.94 bits per heavy atom. The average Bonchev–Trinajstić information content (AvgIpc) is 2.32. The maximum atomic E-state index is 11.9. The lowest BCUT2D eigenvalue weighted by molar-refractivity contribution is -0.133. The van der Waals surface area contributed by atoms with Gasteiger partial charge in [0.2, 0.25) is 5.91 Å². The third-order valence-corrected chi connectivity index (χ3v) is 3.57. The average molecular weight is 252 g/mol. The van der Waals surface area contributed by atoms with Crippen molar-refractivity contribution in [3.63, 3.8) is 0 Å². The number of piperidine rings is 1. The van der Waals surface area contributed by atoms with Gasteiger partial charge in [-0.05, 0) is 36.5 Å². The quantitative estimate of drug-likeness (QED) is 0.806. The van der Waals surface area contributed by atoms with E-state index in [0.29, 0.717) is 12.3 Å². The van der Waals surface area contributed by atoms with E-state index in [9.17, 15) is 4.79 Å². The molecule has 1 aliphatic heterocycles. The van der Waals surface area contributed by atoms with Crippen molar-refractivity contribution in [3.05, 3.63) is 34.9 Å². The lowest BCUT2D eigenvalue weighted by Crippen LogP contribution is -2.38. The first-order chi connectivity index (χ1) is 8.20. The fourth-order valence-electron chi connectivity index (χ4n) is 2.43. The largest absolute Gasteiger partial charge is 0.343 e. The Labute approximate surface area is 108 Å². The van der Waals surface area contributed by atoms with Crippen LogP contribution < -0.4 is 0 Å². The van der Waals surface area contributed by atoms with E-state index in [0.717, 1.165) is 31.0 Å². The van der Waals surface area contributed by atoms with Crippen molar-refractivity contribution in [1.82, 2.24) is 4.90 Å². The van der Waals surface area contributed by atoms with Crippen LogP contribution in [0.15, 0.2) is 24.3 Å². The maximum Gasteiger partial charge on any atom is 0.223 e. The number of halogens is 1. The van der Waals surface area contributed by atoms with Crippen molar-refractivity contribution in [2.24, 2.45) is 0 Å². The van der Waals surface area contributed by atoms with Gasteiger partial charge in [-0.2, -0.15) is 0 Å². The van der Waals surface area contributed by atoms with Crippen molar-refractivity contribution in [1.29, 1.82) is 0 Å². The van der Waals surface area contributed by atoms with Crippen molar-refractivity contribution in [2.45, 2.75) is 32.1 Å². The van der Waals surface area contributed by atoms with Gasteiger partial charge in [-0.15, -0.1) is 0 Å². The minimum atomic E-state index is 0.281. The molecule has 2 rings (SSSR count). The van der Waals surface area contributed by atoms with E-state index in [4.69, 9.17) is 11.6 Å². The second-order valence-corrected chi connectivity index (χ2v) is 5.06. The van der Waals surface area contributed by atoms with E-state index in [1.165, 1.54) is 5.56 Å². The van der Waals surface area contributed by atoms with Crippen LogP contribution in [0, 0.1) is 0 Å². The molecule has 0 radical (unpaired) electrons. The highest BCUT2D eigenvalue weighted by Crippen LogP contribution is 2.30. The van der Waals surface area contributed by atoms with E-state index >= 15 is 0 Å². The number of rotatable bonds is 3. The third-order valence-electron chi connectivity index (χ3n) is 3.33. The molecule has 0 bridgehead atoms. The summed E-state index contributed by atoms with van der Waals surface area (Å²) in [6.45, 7) is 3.88. The highest BCUT2D eigenvalue weighted by molar-refractivity contribution is 6.30. The zero-order chi connectivity index (χ0) is 12.3. The number of hydrogen-bond donors (Lipinski definition) is 0. The van der Waals surface area contributed by atoms with Crippen molar-refractivity contribution in [2.75, 3.05) is 13.1 Å². The van der Waals surface area contributed by atoms with E-state index in [1.54, 1.807) is 0 Å². The van der Waals surface area contributed by atoms with Gasteiger partial charge in [0.15, 0.2) is 0 Å². The molecule has 1 aliphatic rings. The van der Waals surface area contributed by atoms with E-state index in [2.05, 4.69) is 13.0 Å². The molecule has 1 unspecified atom stereocenters. The number of benzene rings is 1. The van der Waals surface area contributed by atoms with Crippen LogP contribution in [0.3, 0.4) is 0 Å². The Balaban J connectivity index is 2.04. The summed E-state index contributed by atoms with van der Waals surface area (Å²) in [5.74, 6) is 0.623. The number of nitrogens with zero attached hydrogens (tertiary/aromatic N) is 1. The summed E-state index contributed by atoms with van der Waals surface area (Å²) < 4.78 is 0. The molecular weight excluding hydrogens is 234 g/mol. The fourth-order valence-corrected chi connectivity index (χ4v) is 2.63. The van der Waals surface area contributed by atoms with Crippen LogP contribution in [0.25, 0.3) is 0 Å². The zero-order valence-corrected chi connectivity index (χ0v) is 10.9. The predicted octanol–water partition coefficient (Wildman–Crippen LogP) is 3.46. The summed E-state index contributed by atoms with van der Waals surface area (Å²) in [7, 11) is 0. The highest BCUT2D eigenvalue weighted by Gasteiger charge is 2.26. The first-order valence-corrected chi connectivity index (χ1v) is 6.61. The number of likely N-dealkylation sites (tertiary alicyclic amines) is 1. The van der Waals surface area contributed by atoms with E-state index in [1.807, 2.05) is 23.1 Å². The van der Waals surface area contributed by atoms with Crippen LogP contribution in [0.1, 0.15) is 37.7 Å². The normalized spacial score (nSPS) is 20.7. The summed E-state index contributed by atoms with van der Waals surface area (Å²) in [5.41, 5.74) is 1.20. The second kappa shape index (κ2) is 5.54. The molecule has 0 aliphatic carbocycles. The maximum absolute atomic E-state index is 11.9. The number of amides is 1. The Kier molecular flexibility index (Phi) is 4.06. The molecular formula is C14H18ClNO. The zero-order valence-electron chi connectivity index (χ0n) is 10.2. The highest BCUT2D eigenvalue weighted by atomic mass is 35.5. The molecule has 92 valence electrons. The van der Waals surface area contributed by atoms with E-state index in [-0.39, 0.29) is 5.91 Å². The van der Waals surface area contributed by atoms with Crippen molar-refractivity contribution in [3.8, 4) is 0 Å². The molecule has 0 N–H and O–H groups in total. The molecule has 0 spiro atoms. The first-order valence-electron chi connectivity index (χ1n) is 6.24. The SMILES string of the molecule is CCCN1CCC(c2cccc(Cl)c2)CC1=O. The predicted molar refractivity (Wildman–Crippen MR) is 70.3 cm³/mol. The summed E-state index contributed by atoms with van der Waals surface area (Å²) in [6.07, 6.45) is 2.71. The van der Waals surface area contributed by atoms with Crippen LogP contribution >= 0.6 is 11.6 Å². The molecule has 1 amide bonds. The summed E-state index contributed by atoms with van der Waals surface area (Å²) in [6, 6.07) is 7.88. The lowest BCUT2D eigenvalue weighted by atomic mass is 9.89. The van der Waals surface area contributed by atoms with Crippen LogP contribution in [0.5, 0.6) is 0 Å². The Bertz CT molecular complexity index is 405. The van der Waals surface area contributed by atoms with Gasteiger partial charge >= 0.3 is 0 Å². The molecule has 17 heavy (non-hydrogen) atoms. The summed E-state index contributed by atoms with van der Waals surface area (Å²) >= 11 is 5.98. The van der Waals surface area contributed by atoms with Crippen molar-refractivity contribution >= 4 is 17.5 Å². The molecule has 1 aromatic rings. The summed E-state index contributed by atoms with van der Waals surface area (Å²) in [5, 5.41) is 0.755. The summed E-state index contributed by atoms with van der Waals surface area (Å²) in [4.78, 5) is 13.9. The minimum absolute atomic E-state index is 0.281. The number of carbonyl (C=O) groups excluding carboxylic acids is 1. The van der Waals surface area contributed by atoms with Crippen LogP contribution in [0.2, 0.25) is 5.02 Å². The minimum Gasteiger partial charge on any atom is -0.343 e. The molecule has 1 saturated heterocycles. The van der Waals surface area contributed by atoms with Gasteiger partial charge in [-0.3, -0.25) is 4.79 Å². The fraction of sp³-hybridized carbons (Fsp3) is 0.500. The molecule has 1 aromatic carbocycles. The third kappa shape index (κ3) is 3.01. The van der Waals surface area contributed by atoms with Gasteiger partial charge in [0.25, 0.3) is 0 Å². The van der Waals surface area contributed by atoms with Gasteiger partial charge in [0, 0.05) is 24.5 Å². The van der Waals surface area contributed by atoms with Gasteiger partial charge < -0.3 is 4.90 Å². The standard InChI is InChI=1S/C14H18ClNO/c1-2-7-16-8-6-12(10-14(16)17)11-4-3-5-13(15)9-11/h3-5,9,12H,2,6-8,10H2,1H3. The monoisotopic (exact) mass is 251 g/mol. The van der Waals surface area contributed by atoms with Gasteiger partial charge in [-0.25, -0.2) is 0 Å². The molecule has 0 aromatic heterocycles. The molecule has 1 atom stereocenters. The van der Waals surface area contributed by atoms with Crippen molar-refractivity contribution < 1.29 is 4.79 Å². The van der Waals surface area contributed by atoms with Crippen LogP contribution in [-0.2, 0) is 4.79 Å². The van der Waals surface area contributed by atoms with Crippen LogP contribution in [-0.4, -0.2) is 23.9 Å². The molecule has 0 saturated carbocycles. The Morgan fingerprint density at radius 1 is 1.47 bits per heavy atom. The van der Waals surface area contributed by atoms with Gasteiger partial charge in [-0.1, -0.05) is 30.7 Å². The van der Waals surface area contributed by atoms with Crippen LogP contribution in [0.4, 0.5) is 0 Å². The molecule has 1 heterocycles. The van der Waals surface area contributed by atoms with E-state index < -0.39 is 0 Å². The topological polar surface area (TPSA) is 20.3 Å². The molecule has 2 nitrogen and oxygen atoms in total.